The van der Waals surface area contributed by atoms with Gasteiger partial charge in [-0.2, -0.15) is 0 Å². The normalized spacial score (nSPS) is 13.6. The van der Waals surface area contributed by atoms with Crippen molar-refractivity contribution in [2.75, 3.05) is 0 Å². The Morgan fingerprint density at radius 2 is 1.56 bits per heavy atom. The third-order valence-corrected chi connectivity index (χ3v) is 5.40. The van der Waals surface area contributed by atoms with Crippen LogP contribution in [-0.2, 0) is 6.42 Å². The van der Waals surface area contributed by atoms with E-state index in [1.54, 1.807) is 5.57 Å². The molecular weight excluding hydrogens is 324 g/mol. The molecule has 1 aromatic rings. The van der Waals surface area contributed by atoms with Crippen LogP contribution in [0.1, 0.15) is 90.0 Å². The minimum Gasteiger partial charge on any atom is -0.0991 e. The molecule has 0 radical (unpaired) electrons. The molecule has 2 rings (SSSR count). The SMILES string of the molecule is C.C.C=C/C=C\C1=C(C)C(=C(CCC)CCC)c2cc(C)c(C)cc2CC1. The molecule has 0 heterocycles. The zero-order chi connectivity index (χ0) is 18.4. The lowest BCUT2D eigenvalue weighted by Crippen LogP contribution is -2.00. The Labute approximate surface area is 169 Å². The fourth-order valence-electron chi connectivity index (χ4n) is 3.96. The van der Waals surface area contributed by atoms with Crippen LogP contribution in [-0.4, -0.2) is 0 Å². The van der Waals surface area contributed by atoms with Gasteiger partial charge in [0.1, 0.15) is 0 Å². The van der Waals surface area contributed by atoms with Gasteiger partial charge < -0.3 is 0 Å². The standard InChI is InChI=1S/C25H34.2CH4/c1-7-10-13-21-14-15-23-16-18(4)19(5)17-24(23)25(20(21)6)22(11-8-2)12-9-3;;/h7,10,13,16-17H,1,8-9,11-12,14-15H2,2-6H3;2*1H4/b13-10-;;. The van der Waals surface area contributed by atoms with Gasteiger partial charge in [0.2, 0.25) is 0 Å². The summed E-state index contributed by atoms with van der Waals surface area (Å²) in [6, 6.07) is 4.86. The van der Waals surface area contributed by atoms with Crippen LogP contribution < -0.4 is 0 Å². The molecule has 27 heavy (non-hydrogen) atoms. The first-order valence-electron chi connectivity index (χ1n) is 9.85. The van der Waals surface area contributed by atoms with E-state index in [9.17, 15) is 0 Å². The fourth-order valence-corrected chi connectivity index (χ4v) is 3.96. The van der Waals surface area contributed by atoms with E-state index in [1.807, 2.05) is 6.08 Å². The molecule has 0 aromatic heterocycles. The number of hydrogen-bond acceptors (Lipinski definition) is 0. The first-order chi connectivity index (χ1) is 12.0. The van der Waals surface area contributed by atoms with Gasteiger partial charge in [-0.3, -0.25) is 0 Å². The molecular formula is C27H42. The van der Waals surface area contributed by atoms with Crippen LogP contribution in [0.15, 0.2) is 53.7 Å². The van der Waals surface area contributed by atoms with Crippen molar-refractivity contribution in [3.63, 3.8) is 0 Å². The zero-order valence-electron chi connectivity index (χ0n) is 16.8. The van der Waals surface area contributed by atoms with Gasteiger partial charge in [-0.25, -0.2) is 0 Å². The Balaban J connectivity index is 0.00000338. The summed E-state index contributed by atoms with van der Waals surface area (Å²) in [6.07, 6.45) is 13.3. The minimum absolute atomic E-state index is 0. The average molecular weight is 367 g/mol. The Hall–Kier alpha value is -1.82. The molecule has 150 valence electrons. The molecule has 0 fully saturated rings. The lowest BCUT2D eigenvalue weighted by molar-refractivity contribution is 0.805. The van der Waals surface area contributed by atoms with Crippen LogP contribution in [0.5, 0.6) is 0 Å². The quantitative estimate of drug-likeness (QED) is 0.441. The van der Waals surface area contributed by atoms with Gasteiger partial charge in [0.05, 0.1) is 0 Å². The molecule has 0 aliphatic heterocycles. The van der Waals surface area contributed by atoms with Crippen molar-refractivity contribution in [2.45, 2.75) is 88.0 Å². The highest BCUT2D eigenvalue weighted by Gasteiger charge is 2.20. The van der Waals surface area contributed by atoms with Gasteiger partial charge in [0.25, 0.3) is 0 Å². The second-order valence-corrected chi connectivity index (χ2v) is 7.32. The van der Waals surface area contributed by atoms with Crippen molar-refractivity contribution < 1.29 is 0 Å². The third kappa shape index (κ3) is 5.83. The zero-order valence-corrected chi connectivity index (χ0v) is 16.8. The minimum atomic E-state index is 0. The molecule has 1 aliphatic carbocycles. The van der Waals surface area contributed by atoms with Crippen molar-refractivity contribution >= 4 is 5.57 Å². The predicted octanol–water partition coefficient (Wildman–Crippen LogP) is 8.93. The second-order valence-electron chi connectivity index (χ2n) is 7.32. The molecule has 0 N–H and O–H groups in total. The van der Waals surface area contributed by atoms with E-state index < -0.39 is 0 Å². The summed E-state index contributed by atoms with van der Waals surface area (Å²) in [6.45, 7) is 15.3. The Morgan fingerprint density at radius 3 is 2.11 bits per heavy atom. The number of aryl methyl sites for hydroxylation is 3. The molecule has 0 atom stereocenters. The van der Waals surface area contributed by atoms with Gasteiger partial charge in [-0.1, -0.05) is 84.1 Å². The number of fused-ring (bicyclic) bond motifs is 1. The molecule has 0 spiro atoms. The highest BCUT2D eigenvalue weighted by molar-refractivity contribution is 5.85. The summed E-state index contributed by atoms with van der Waals surface area (Å²) in [5.74, 6) is 0. The molecule has 1 aromatic carbocycles. The Bertz CT molecular complexity index is 715. The summed E-state index contributed by atoms with van der Waals surface area (Å²) >= 11 is 0. The van der Waals surface area contributed by atoms with Crippen molar-refractivity contribution in [1.29, 1.82) is 0 Å². The lowest BCUT2D eigenvalue weighted by atomic mass is 9.85. The topological polar surface area (TPSA) is 0 Å². The first kappa shape index (κ1) is 25.2. The van der Waals surface area contributed by atoms with Crippen LogP contribution >= 0.6 is 0 Å². The maximum absolute atomic E-state index is 3.85. The van der Waals surface area contributed by atoms with E-state index in [4.69, 9.17) is 0 Å². The molecule has 0 saturated carbocycles. The summed E-state index contributed by atoms with van der Waals surface area (Å²) in [5.41, 5.74) is 11.9. The number of hydrogen-bond donors (Lipinski definition) is 0. The third-order valence-electron chi connectivity index (χ3n) is 5.40. The fraction of sp³-hybridized carbons (Fsp3) is 0.481. The van der Waals surface area contributed by atoms with E-state index >= 15 is 0 Å². The van der Waals surface area contributed by atoms with E-state index in [0.717, 1.165) is 12.8 Å². The Morgan fingerprint density at radius 1 is 0.963 bits per heavy atom. The lowest BCUT2D eigenvalue weighted by Gasteiger charge is -2.19. The van der Waals surface area contributed by atoms with Crippen LogP contribution in [0.2, 0.25) is 0 Å². The summed E-state index contributed by atoms with van der Waals surface area (Å²) in [7, 11) is 0. The average Bonchev–Trinajstić information content (AvgIpc) is 2.70. The number of benzene rings is 1. The largest absolute Gasteiger partial charge is 0.0991 e. The van der Waals surface area contributed by atoms with Crippen LogP contribution in [0, 0.1) is 13.8 Å². The van der Waals surface area contributed by atoms with Crippen LogP contribution in [0.25, 0.3) is 5.57 Å². The smallest absolute Gasteiger partial charge is 0.0147 e. The maximum atomic E-state index is 3.85. The predicted molar refractivity (Wildman–Crippen MR) is 126 cm³/mol. The van der Waals surface area contributed by atoms with Gasteiger partial charge in [-0.05, 0) is 85.4 Å². The highest BCUT2D eigenvalue weighted by Crippen LogP contribution is 2.39. The summed E-state index contributed by atoms with van der Waals surface area (Å²) in [4.78, 5) is 0. The highest BCUT2D eigenvalue weighted by atomic mass is 14.2. The first-order valence-corrected chi connectivity index (χ1v) is 9.85. The molecule has 0 nitrogen and oxygen atoms in total. The van der Waals surface area contributed by atoms with Gasteiger partial charge in [0.15, 0.2) is 0 Å². The molecule has 0 saturated heterocycles. The maximum Gasteiger partial charge on any atom is -0.0147 e. The van der Waals surface area contributed by atoms with Crippen molar-refractivity contribution in [3.05, 3.63) is 75.9 Å². The second kappa shape index (κ2) is 11.8. The van der Waals surface area contributed by atoms with Crippen LogP contribution in [0.4, 0.5) is 0 Å². The molecule has 0 bridgehead atoms. The van der Waals surface area contributed by atoms with Crippen LogP contribution in [0.3, 0.4) is 0 Å². The monoisotopic (exact) mass is 366 g/mol. The summed E-state index contributed by atoms with van der Waals surface area (Å²) < 4.78 is 0. The van der Waals surface area contributed by atoms with Gasteiger partial charge in [-0.15, -0.1) is 0 Å². The molecule has 0 heteroatoms. The Kier molecular flexibility index (Phi) is 11.0. The van der Waals surface area contributed by atoms with E-state index in [1.165, 1.54) is 64.7 Å². The van der Waals surface area contributed by atoms with E-state index in [-0.39, 0.29) is 14.9 Å². The van der Waals surface area contributed by atoms with Crippen molar-refractivity contribution in [2.24, 2.45) is 0 Å². The number of rotatable bonds is 6. The van der Waals surface area contributed by atoms with Crippen molar-refractivity contribution in [1.82, 2.24) is 0 Å². The molecule has 1 aliphatic rings. The van der Waals surface area contributed by atoms with Gasteiger partial charge in [0, 0.05) is 0 Å². The van der Waals surface area contributed by atoms with Gasteiger partial charge >= 0.3 is 0 Å². The van der Waals surface area contributed by atoms with E-state index in [0.29, 0.717) is 0 Å². The molecule has 0 amide bonds. The van der Waals surface area contributed by atoms with E-state index in [2.05, 4.69) is 65.5 Å². The van der Waals surface area contributed by atoms with Crippen molar-refractivity contribution in [3.8, 4) is 0 Å². The molecule has 0 unspecified atom stereocenters. The number of allylic oxidation sites excluding steroid dienone is 7. The summed E-state index contributed by atoms with van der Waals surface area (Å²) in [5, 5.41) is 0.